The van der Waals surface area contributed by atoms with E-state index in [2.05, 4.69) is 33.0 Å². The monoisotopic (exact) mass is 441 g/mol. The van der Waals surface area contributed by atoms with Crippen molar-refractivity contribution in [2.45, 2.75) is 45.7 Å². The Balaban J connectivity index is 0.00000141. The molecule has 0 spiro atoms. The first kappa shape index (κ1) is 23.3. The highest BCUT2D eigenvalue weighted by Crippen LogP contribution is 2.27. The van der Waals surface area contributed by atoms with Gasteiger partial charge in [-0.15, -0.1) is 0 Å². The number of hydrogen-bond acceptors (Lipinski definition) is 7. The third-order valence-electron chi connectivity index (χ3n) is 5.70. The lowest BCUT2D eigenvalue weighted by atomic mass is 9.81. The second-order valence-corrected chi connectivity index (χ2v) is 8.06. The Morgan fingerprint density at radius 2 is 2.03 bits per heavy atom. The van der Waals surface area contributed by atoms with Crippen molar-refractivity contribution in [3.05, 3.63) is 46.5 Å². The molecule has 3 aromatic rings. The lowest BCUT2D eigenvalue weighted by molar-refractivity contribution is 0.0886. The van der Waals surface area contributed by atoms with Gasteiger partial charge in [0.25, 0.3) is 11.5 Å². The third kappa shape index (κ3) is 4.45. The fourth-order valence-electron chi connectivity index (χ4n) is 3.64. The van der Waals surface area contributed by atoms with E-state index >= 15 is 0 Å². The molecular weight excluding hydrogens is 410 g/mol. The number of aromatic nitrogens is 4. The van der Waals surface area contributed by atoms with E-state index in [4.69, 9.17) is 5.11 Å². The SMILES string of the molecule is CNc1cc(Nc2cccn(C(C)C)c2=O)nc2c(C(=O)N[C@H]3CC[C@H]3C)cnn12.CO. The Labute approximate surface area is 186 Å². The molecular formula is C22H31N7O3. The second-order valence-electron chi connectivity index (χ2n) is 8.06. The van der Waals surface area contributed by atoms with Crippen LogP contribution in [0.4, 0.5) is 17.3 Å². The summed E-state index contributed by atoms with van der Waals surface area (Å²) in [6.45, 7) is 6.04. The van der Waals surface area contributed by atoms with E-state index in [1.165, 1.54) is 6.20 Å². The molecule has 1 amide bonds. The van der Waals surface area contributed by atoms with Crippen molar-refractivity contribution in [3.63, 3.8) is 0 Å². The summed E-state index contributed by atoms with van der Waals surface area (Å²) in [6.07, 6.45) is 5.40. The van der Waals surface area contributed by atoms with E-state index < -0.39 is 0 Å². The molecule has 0 saturated heterocycles. The normalized spacial score (nSPS) is 17.3. The van der Waals surface area contributed by atoms with Crippen LogP contribution in [0.2, 0.25) is 0 Å². The van der Waals surface area contributed by atoms with Crippen molar-refractivity contribution in [2.75, 3.05) is 24.8 Å². The Hall–Kier alpha value is -3.40. The lowest BCUT2D eigenvalue weighted by Gasteiger charge is -2.34. The summed E-state index contributed by atoms with van der Waals surface area (Å²) < 4.78 is 3.24. The first-order valence-corrected chi connectivity index (χ1v) is 10.7. The minimum Gasteiger partial charge on any atom is -0.400 e. The molecule has 10 nitrogen and oxygen atoms in total. The topological polar surface area (TPSA) is 126 Å². The fraction of sp³-hybridized carbons (Fsp3) is 0.455. The lowest BCUT2D eigenvalue weighted by Crippen LogP contribution is -2.45. The highest BCUT2D eigenvalue weighted by atomic mass is 16.2. The van der Waals surface area contributed by atoms with Gasteiger partial charge in [0.05, 0.1) is 6.20 Å². The number of nitrogens with zero attached hydrogens (tertiary/aromatic N) is 4. The third-order valence-corrected chi connectivity index (χ3v) is 5.70. The smallest absolute Gasteiger partial charge is 0.274 e. The van der Waals surface area contributed by atoms with E-state index in [1.54, 1.807) is 34.5 Å². The molecule has 1 saturated carbocycles. The Kier molecular flexibility index (Phi) is 7.14. The number of carbonyl (C=O) groups is 1. The largest absolute Gasteiger partial charge is 0.400 e. The number of amides is 1. The summed E-state index contributed by atoms with van der Waals surface area (Å²) in [6, 6.07) is 5.52. The van der Waals surface area contributed by atoms with Crippen LogP contribution >= 0.6 is 0 Å². The first-order valence-electron chi connectivity index (χ1n) is 10.7. The number of hydrogen-bond donors (Lipinski definition) is 4. The summed E-state index contributed by atoms with van der Waals surface area (Å²) >= 11 is 0. The molecule has 1 aliphatic rings. The zero-order valence-corrected chi connectivity index (χ0v) is 19.1. The average Bonchev–Trinajstić information content (AvgIpc) is 3.22. The van der Waals surface area contributed by atoms with Crippen LogP contribution in [0.25, 0.3) is 5.65 Å². The number of aliphatic hydroxyl groups is 1. The van der Waals surface area contributed by atoms with Gasteiger partial charge in [-0.1, -0.05) is 6.92 Å². The Morgan fingerprint density at radius 1 is 1.28 bits per heavy atom. The molecule has 0 bridgehead atoms. The van der Waals surface area contributed by atoms with Crippen LogP contribution < -0.4 is 21.5 Å². The zero-order valence-electron chi connectivity index (χ0n) is 19.1. The Morgan fingerprint density at radius 3 is 2.62 bits per heavy atom. The summed E-state index contributed by atoms with van der Waals surface area (Å²) in [5, 5.41) is 20.6. The van der Waals surface area contributed by atoms with Crippen molar-refractivity contribution >= 4 is 28.9 Å². The number of pyridine rings is 1. The van der Waals surface area contributed by atoms with Gasteiger partial charge in [-0.2, -0.15) is 9.61 Å². The number of nitrogens with one attached hydrogen (secondary N) is 3. The maximum absolute atomic E-state index is 12.8. The average molecular weight is 442 g/mol. The van der Waals surface area contributed by atoms with Crippen LogP contribution in [0.1, 0.15) is 50.0 Å². The maximum atomic E-state index is 12.8. The van der Waals surface area contributed by atoms with Gasteiger partial charge in [0.1, 0.15) is 22.9 Å². The molecule has 0 unspecified atom stereocenters. The highest BCUT2D eigenvalue weighted by Gasteiger charge is 2.29. The van der Waals surface area contributed by atoms with Crippen molar-refractivity contribution < 1.29 is 9.90 Å². The molecule has 0 radical (unpaired) electrons. The number of aliphatic hydroxyl groups excluding tert-OH is 1. The van der Waals surface area contributed by atoms with Gasteiger partial charge in [0.15, 0.2) is 5.65 Å². The van der Waals surface area contributed by atoms with Crippen LogP contribution in [0.5, 0.6) is 0 Å². The molecule has 4 N–H and O–H groups in total. The summed E-state index contributed by atoms with van der Waals surface area (Å²) in [5.41, 5.74) is 1.11. The van der Waals surface area contributed by atoms with Gasteiger partial charge in [0, 0.05) is 38.5 Å². The molecule has 10 heteroatoms. The van der Waals surface area contributed by atoms with Gasteiger partial charge in [-0.25, -0.2) is 4.98 Å². The van der Waals surface area contributed by atoms with E-state index in [0.29, 0.717) is 34.5 Å². The molecule has 0 aliphatic heterocycles. The van der Waals surface area contributed by atoms with Crippen LogP contribution in [-0.4, -0.2) is 50.4 Å². The number of carbonyl (C=O) groups excluding carboxylic acids is 1. The molecule has 1 aliphatic carbocycles. The van der Waals surface area contributed by atoms with Crippen LogP contribution in [-0.2, 0) is 0 Å². The van der Waals surface area contributed by atoms with E-state index in [1.807, 2.05) is 19.9 Å². The predicted molar refractivity (Wildman–Crippen MR) is 125 cm³/mol. The maximum Gasteiger partial charge on any atom is 0.274 e. The number of rotatable bonds is 6. The molecule has 0 aromatic carbocycles. The van der Waals surface area contributed by atoms with Crippen LogP contribution in [0.3, 0.4) is 0 Å². The number of anilines is 3. The van der Waals surface area contributed by atoms with E-state index in [-0.39, 0.29) is 23.6 Å². The second kappa shape index (κ2) is 9.82. The fourth-order valence-corrected chi connectivity index (χ4v) is 3.64. The molecule has 1 fully saturated rings. The quantitative estimate of drug-likeness (QED) is 0.463. The molecule has 32 heavy (non-hydrogen) atoms. The van der Waals surface area contributed by atoms with Crippen molar-refractivity contribution in [1.29, 1.82) is 0 Å². The van der Waals surface area contributed by atoms with Gasteiger partial charge < -0.3 is 25.6 Å². The van der Waals surface area contributed by atoms with Gasteiger partial charge in [0.2, 0.25) is 0 Å². The van der Waals surface area contributed by atoms with E-state index in [9.17, 15) is 9.59 Å². The van der Waals surface area contributed by atoms with Crippen LogP contribution in [0, 0.1) is 5.92 Å². The standard InChI is InChI=1S/C21H27N7O2.CH4O/c1-12(2)27-9-5-6-16(21(27)30)24-17-10-18(22-4)28-19(26-17)14(11-23-28)20(29)25-15-8-7-13(15)3;1-2/h5-6,9-13,15,22H,7-8H2,1-4H3,(H,24,26)(H,25,29);2H,1H3/t13-,15+;/m1./s1. The molecule has 3 heterocycles. The van der Waals surface area contributed by atoms with Crippen molar-refractivity contribution in [3.8, 4) is 0 Å². The van der Waals surface area contributed by atoms with Gasteiger partial charge >= 0.3 is 0 Å². The number of fused-ring (bicyclic) bond motifs is 1. The summed E-state index contributed by atoms with van der Waals surface area (Å²) in [7, 11) is 2.77. The molecule has 3 aromatic heterocycles. The van der Waals surface area contributed by atoms with E-state index in [0.717, 1.165) is 20.0 Å². The van der Waals surface area contributed by atoms with Crippen molar-refractivity contribution in [1.82, 2.24) is 24.5 Å². The van der Waals surface area contributed by atoms with Crippen molar-refractivity contribution in [2.24, 2.45) is 5.92 Å². The van der Waals surface area contributed by atoms with Crippen LogP contribution in [0.15, 0.2) is 35.4 Å². The zero-order chi connectivity index (χ0) is 23.4. The molecule has 172 valence electrons. The summed E-state index contributed by atoms with van der Waals surface area (Å²) in [4.78, 5) is 30.1. The van der Waals surface area contributed by atoms with Gasteiger partial charge in [-0.05, 0) is 44.7 Å². The van der Waals surface area contributed by atoms with Gasteiger partial charge in [-0.3, -0.25) is 9.59 Å². The Bertz CT molecular complexity index is 1150. The highest BCUT2D eigenvalue weighted by molar-refractivity contribution is 6.00. The summed E-state index contributed by atoms with van der Waals surface area (Å²) in [5.74, 6) is 1.40. The first-order chi connectivity index (χ1) is 15.4. The minimum atomic E-state index is -0.185. The minimum absolute atomic E-state index is 0.0431. The predicted octanol–water partition coefficient (Wildman–Crippen LogP) is 2.39. The molecule has 2 atom stereocenters. The molecule has 4 rings (SSSR count).